The number of hydrogen-bond donors (Lipinski definition) is 1. The summed E-state index contributed by atoms with van der Waals surface area (Å²) >= 11 is 0. The normalized spacial score (nSPS) is 30.8. The number of aromatic nitrogens is 1. The Labute approximate surface area is 144 Å². The van der Waals surface area contributed by atoms with Crippen molar-refractivity contribution in [3.05, 3.63) is 41.8 Å². The molecule has 0 aliphatic heterocycles. The first-order valence-electron chi connectivity index (χ1n) is 9.22. The molecule has 3 saturated carbocycles. The van der Waals surface area contributed by atoms with Gasteiger partial charge in [0.25, 0.3) is 0 Å². The van der Waals surface area contributed by atoms with E-state index in [9.17, 15) is 0 Å². The number of nitrogens with zero attached hydrogens (tertiary/aromatic N) is 1. The smallest absolute Gasteiger partial charge is 0.226 e. The minimum absolute atomic E-state index is 0.544. The topological polar surface area (TPSA) is 38.1 Å². The largest absolute Gasteiger partial charge is 0.441 e. The molecule has 2 aromatic rings. The molecule has 5 rings (SSSR count). The molecule has 4 atom stereocenters. The fourth-order valence-corrected chi connectivity index (χ4v) is 4.94. The summed E-state index contributed by atoms with van der Waals surface area (Å²) in [5.74, 6) is 4.15. The first-order chi connectivity index (χ1) is 11.5. The van der Waals surface area contributed by atoms with Crippen LogP contribution < -0.4 is 5.32 Å². The van der Waals surface area contributed by atoms with Gasteiger partial charge in [-0.05, 0) is 55.1 Å². The van der Waals surface area contributed by atoms with Crippen LogP contribution in [0, 0.1) is 30.1 Å². The Morgan fingerprint density at radius 2 is 1.96 bits per heavy atom. The van der Waals surface area contributed by atoms with E-state index in [0.717, 1.165) is 47.2 Å². The Hall–Kier alpha value is -1.61. The van der Waals surface area contributed by atoms with Gasteiger partial charge in [-0.3, -0.25) is 0 Å². The lowest BCUT2D eigenvalue weighted by Gasteiger charge is -2.62. The summed E-state index contributed by atoms with van der Waals surface area (Å²) in [7, 11) is 0. The summed E-state index contributed by atoms with van der Waals surface area (Å²) in [6, 6.07) is 10.7. The second-order valence-corrected chi connectivity index (χ2v) is 8.33. The van der Waals surface area contributed by atoms with Crippen molar-refractivity contribution < 1.29 is 4.42 Å². The van der Waals surface area contributed by atoms with Crippen LogP contribution in [0.2, 0.25) is 0 Å². The van der Waals surface area contributed by atoms with Gasteiger partial charge in [-0.25, -0.2) is 4.98 Å². The summed E-state index contributed by atoms with van der Waals surface area (Å²) in [5.41, 5.74) is 2.63. The predicted octanol–water partition coefficient (Wildman–Crippen LogP) is 4.81. The number of fused-ring (bicyclic) bond motifs is 2. The molecule has 3 heteroatoms. The van der Waals surface area contributed by atoms with Crippen molar-refractivity contribution in [2.45, 2.75) is 53.1 Å². The second-order valence-electron chi connectivity index (χ2n) is 8.33. The van der Waals surface area contributed by atoms with E-state index >= 15 is 0 Å². The van der Waals surface area contributed by atoms with Crippen molar-refractivity contribution in [2.75, 3.05) is 0 Å². The van der Waals surface area contributed by atoms with Gasteiger partial charge in [-0.1, -0.05) is 39.0 Å². The molecule has 24 heavy (non-hydrogen) atoms. The van der Waals surface area contributed by atoms with Gasteiger partial charge >= 0.3 is 0 Å². The second kappa shape index (κ2) is 5.73. The highest BCUT2D eigenvalue weighted by molar-refractivity contribution is 5.53. The van der Waals surface area contributed by atoms with Crippen molar-refractivity contribution in [3.63, 3.8) is 0 Å². The van der Waals surface area contributed by atoms with Crippen molar-refractivity contribution >= 4 is 0 Å². The Bertz CT molecular complexity index is 719. The first-order valence-corrected chi connectivity index (χ1v) is 9.22. The summed E-state index contributed by atoms with van der Waals surface area (Å²) in [6.07, 6.45) is 2.72. The van der Waals surface area contributed by atoms with Gasteiger partial charge < -0.3 is 9.73 Å². The lowest BCUT2D eigenvalue weighted by molar-refractivity contribution is -0.115. The predicted molar refractivity (Wildman–Crippen MR) is 96.5 cm³/mol. The Morgan fingerprint density at radius 3 is 2.62 bits per heavy atom. The molecule has 1 aromatic carbocycles. The molecule has 0 spiro atoms. The monoisotopic (exact) mass is 324 g/mol. The van der Waals surface area contributed by atoms with E-state index in [4.69, 9.17) is 9.40 Å². The maximum absolute atomic E-state index is 5.88. The van der Waals surface area contributed by atoms with E-state index in [0.29, 0.717) is 11.5 Å². The van der Waals surface area contributed by atoms with Crippen LogP contribution in [-0.4, -0.2) is 11.0 Å². The molecular weight excluding hydrogens is 296 g/mol. The number of aryl methyl sites for hydroxylation is 1. The quantitative estimate of drug-likeness (QED) is 0.877. The van der Waals surface area contributed by atoms with Crippen LogP contribution in [0.3, 0.4) is 0 Å². The van der Waals surface area contributed by atoms with Gasteiger partial charge in [0.1, 0.15) is 5.76 Å². The summed E-state index contributed by atoms with van der Waals surface area (Å²) in [4.78, 5) is 4.72. The van der Waals surface area contributed by atoms with Crippen molar-refractivity contribution in [3.8, 4) is 11.5 Å². The minimum Gasteiger partial charge on any atom is -0.441 e. The highest BCUT2D eigenvalue weighted by Crippen LogP contribution is 2.61. The van der Waals surface area contributed by atoms with Crippen LogP contribution in [0.1, 0.15) is 45.1 Å². The average Bonchev–Trinajstić information content (AvgIpc) is 2.95. The zero-order valence-corrected chi connectivity index (χ0v) is 15.2. The van der Waals surface area contributed by atoms with E-state index < -0.39 is 0 Å². The zero-order chi connectivity index (χ0) is 16.9. The van der Waals surface area contributed by atoms with Gasteiger partial charge in [0.2, 0.25) is 5.89 Å². The van der Waals surface area contributed by atoms with Gasteiger partial charge in [-0.2, -0.15) is 0 Å². The highest BCUT2D eigenvalue weighted by atomic mass is 16.4. The molecule has 128 valence electrons. The van der Waals surface area contributed by atoms with E-state index in [1.165, 1.54) is 12.8 Å². The van der Waals surface area contributed by atoms with E-state index in [-0.39, 0.29) is 0 Å². The molecule has 0 unspecified atom stereocenters. The lowest BCUT2D eigenvalue weighted by atomic mass is 9.45. The van der Waals surface area contributed by atoms with Crippen LogP contribution >= 0.6 is 0 Å². The van der Waals surface area contributed by atoms with Gasteiger partial charge in [-0.15, -0.1) is 0 Å². The average molecular weight is 324 g/mol. The van der Waals surface area contributed by atoms with Crippen LogP contribution in [0.15, 0.2) is 34.7 Å². The van der Waals surface area contributed by atoms with E-state index in [1.807, 2.05) is 37.3 Å². The highest BCUT2D eigenvalue weighted by Gasteiger charge is 2.55. The van der Waals surface area contributed by atoms with Crippen molar-refractivity contribution in [1.82, 2.24) is 10.3 Å². The van der Waals surface area contributed by atoms with Gasteiger partial charge in [0, 0.05) is 18.2 Å². The van der Waals surface area contributed by atoms with E-state index in [1.54, 1.807) is 0 Å². The van der Waals surface area contributed by atoms with E-state index in [2.05, 4.69) is 26.1 Å². The Balaban J connectivity index is 1.43. The molecule has 3 aliphatic carbocycles. The molecule has 1 heterocycles. The molecule has 3 nitrogen and oxygen atoms in total. The molecule has 3 fully saturated rings. The molecule has 2 bridgehead atoms. The molecular formula is C21H28N2O. The fraction of sp³-hybridized carbons (Fsp3) is 0.571. The Kier molecular flexibility index (Phi) is 3.80. The van der Waals surface area contributed by atoms with Crippen LogP contribution in [-0.2, 0) is 6.54 Å². The Morgan fingerprint density at radius 1 is 1.21 bits per heavy atom. The third kappa shape index (κ3) is 2.50. The number of hydrogen-bond acceptors (Lipinski definition) is 3. The SMILES string of the molecule is Cc1oc(-c2ccccc2)nc1CN[C@@H]1C[C@@H]2C[C@H]([C@H]1C)C2(C)C. The zero-order valence-electron chi connectivity index (χ0n) is 15.2. The lowest BCUT2D eigenvalue weighted by Crippen LogP contribution is -2.59. The minimum atomic E-state index is 0.544. The molecule has 0 saturated heterocycles. The summed E-state index contributed by atoms with van der Waals surface area (Å²) < 4.78 is 5.88. The first kappa shape index (κ1) is 15.9. The van der Waals surface area contributed by atoms with Crippen LogP contribution in [0.5, 0.6) is 0 Å². The standard InChI is InChI=1S/C21H28N2O/c1-13-17-10-16(21(17,3)4)11-18(13)22-12-19-14(2)24-20(23-19)15-8-6-5-7-9-15/h5-9,13,16-18,22H,10-12H2,1-4H3/t13-,16+,17-,18-/m1/s1. The maximum Gasteiger partial charge on any atom is 0.226 e. The van der Waals surface area contributed by atoms with Crippen molar-refractivity contribution in [1.29, 1.82) is 0 Å². The van der Waals surface area contributed by atoms with Crippen LogP contribution in [0.4, 0.5) is 0 Å². The maximum atomic E-state index is 5.88. The molecule has 0 amide bonds. The molecule has 0 radical (unpaired) electrons. The third-order valence-corrected chi connectivity index (χ3v) is 6.80. The van der Waals surface area contributed by atoms with Crippen molar-refractivity contribution in [2.24, 2.45) is 23.2 Å². The number of benzene rings is 1. The molecule has 1 N–H and O–H groups in total. The molecule has 3 aliphatic rings. The van der Waals surface area contributed by atoms with Crippen LogP contribution in [0.25, 0.3) is 11.5 Å². The van der Waals surface area contributed by atoms with Gasteiger partial charge in [0.05, 0.1) is 5.69 Å². The molecule has 1 aromatic heterocycles. The number of oxazole rings is 1. The fourth-order valence-electron chi connectivity index (χ4n) is 4.94. The number of rotatable bonds is 4. The third-order valence-electron chi connectivity index (χ3n) is 6.80. The van der Waals surface area contributed by atoms with Gasteiger partial charge in [0.15, 0.2) is 0 Å². The number of nitrogens with one attached hydrogen (secondary N) is 1. The summed E-state index contributed by atoms with van der Waals surface area (Å²) in [5, 5.41) is 3.77. The summed E-state index contributed by atoms with van der Waals surface area (Å²) in [6.45, 7) is 10.1.